The molecule has 0 fully saturated rings. The van der Waals surface area contributed by atoms with E-state index in [9.17, 15) is 4.79 Å². The Morgan fingerprint density at radius 1 is 1.38 bits per heavy atom. The molecule has 3 heteroatoms. The number of carbonyl (C=O) groups is 1. The zero-order chi connectivity index (χ0) is 12.0. The summed E-state index contributed by atoms with van der Waals surface area (Å²) in [7, 11) is 0. The second kappa shape index (κ2) is 5.68. The summed E-state index contributed by atoms with van der Waals surface area (Å²) in [5.74, 6) is -0.416. The zero-order valence-corrected chi connectivity index (χ0v) is 9.10. The Hall–Kier alpha value is -2.13. The molecule has 0 bridgehead atoms. The zero-order valence-electron chi connectivity index (χ0n) is 9.10. The van der Waals surface area contributed by atoms with E-state index in [0.29, 0.717) is 17.5 Å². The van der Waals surface area contributed by atoms with Crippen molar-refractivity contribution >= 4 is 5.78 Å². The van der Waals surface area contributed by atoms with Crippen molar-refractivity contribution in [3.05, 3.63) is 35.4 Å². The summed E-state index contributed by atoms with van der Waals surface area (Å²) in [5, 5.41) is 17.5. The summed E-state index contributed by atoms with van der Waals surface area (Å²) in [6.45, 7) is 1.87. The number of nitriles is 2. The van der Waals surface area contributed by atoms with Crippen LogP contribution in [0.5, 0.6) is 0 Å². The lowest BCUT2D eigenvalue weighted by Crippen LogP contribution is -2.14. The van der Waals surface area contributed by atoms with Crippen LogP contribution in [0.1, 0.15) is 35.7 Å². The first-order valence-corrected chi connectivity index (χ1v) is 5.14. The normalized spacial score (nSPS) is 11.2. The minimum atomic E-state index is -0.306. The highest BCUT2D eigenvalue weighted by Gasteiger charge is 2.20. The molecule has 0 spiro atoms. The number of hydrogen-bond donors (Lipinski definition) is 0. The molecule has 0 N–H and O–H groups in total. The fourth-order valence-corrected chi connectivity index (χ4v) is 1.55. The molecule has 0 saturated heterocycles. The number of rotatable bonds is 4. The maximum Gasteiger partial charge on any atom is 0.168 e. The van der Waals surface area contributed by atoms with Gasteiger partial charge in [0.2, 0.25) is 0 Å². The van der Waals surface area contributed by atoms with Crippen LogP contribution in [0.25, 0.3) is 0 Å². The van der Waals surface area contributed by atoms with Crippen LogP contribution in [0.4, 0.5) is 0 Å². The fourth-order valence-electron chi connectivity index (χ4n) is 1.55. The second-order valence-electron chi connectivity index (χ2n) is 3.49. The van der Waals surface area contributed by atoms with Gasteiger partial charge in [-0.05, 0) is 12.5 Å². The third-order valence-corrected chi connectivity index (χ3v) is 2.51. The molecule has 3 nitrogen and oxygen atoms in total. The molecule has 0 amide bonds. The SMILES string of the molecule is CCC(CC#N)C(=O)c1ccccc1C#N. The minimum absolute atomic E-state index is 0.110. The van der Waals surface area contributed by atoms with Crippen LogP contribution < -0.4 is 0 Å². The van der Waals surface area contributed by atoms with Crippen LogP contribution in [-0.2, 0) is 0 Å². The highest BCUT2D eigenvalue weighted by atomic mass is 16.1. The van der Waals surface area contributed by atoms with Crippen molar-refractivity contribution in [2.45, 2.75) is 19.8 Å². The smallest absolute Gasteiger partial charge is 0.168 e. The minimum Gasteiger partial charge on any atom is -0.294 e. The maximum absolute atomic E-state index is 12.0. The molecule has 1 aromatic carbocycles. The topological polar surface area (TPSA) is 64.7 Å². The lowest BCUT2D eigenvalue weighted by atomic mass is 9.90. The molecule has 0 aliphatic rings. The van der Waals surface area contributed by atoms with Gasteiger partial charge in [0.1, 0.15) is 0 Å². The molecular formula is C13H12N2O. The first kappa shape index (κ1) is 11.9. The summed E-state index contributed by atoms with van der Waals surface area (Å²) < 4.78 is 0. The van der Waals surface area contributed by atoms with Gasteiger partial charge in [-0.2, -0.15) is 10.5 Å². The van der Waals surface area contributed by atoms with Crippen molar-refractivity contribution in [1.82, 2.24) is 0 Å². The van der Waals surface area contributed by atoms with E-state index in [0.717, 1.165) is 0 Å². The standard InChI is InChI=1S/C13H12N2O/c1-2-10(7-8-14)13(16)12-6-4-3-5-11(12)9-15/h3-6,10H,2,7H2,1H3. The Morgan fingerprint density at radius 2 is 2.06 bits per heavy atom. The third kappa shape index (κ3) is 2.46. The molecule has 0 saturated carbocycles. The predicted molar refractivity (Wildman–Crippen MR) is 59.5 cm³/mol. The first-order valence-electron chi connectivity index (χ1n) is 5.14. The van der Waals surface area contributed by atoms with Gasteiger partial charge >= 0.3 is 0 Å². The van der Waals surface area contributed by atoms with Gasteiger partial charge in [-0.1, -0.05) is 25.1 Å². The molecule has 0 aliphatic heterocycles. The fraction of sp³-hybridized carbons (Fsp3) is 0.308. The van der Waals surface area contributed by atoms with Gasteiger partial charge in [0.15, 0.2) is 5.78 Å². The molecule has 1 rings (SSSR count). The number of nitrogens with zero attached hydrogens (tertiary/aromatic N) is 2. The van der Waals surface area contributed by atoms with Crippen LogP contribution in [-0.4, -0.2) is 5.78 Å². The van der Waals surface area contributed by atoms with E-state index >= 15 is 0 Å². The van der Waals surface area contributed by atoms with E-state index in [1.165, 1.54) is 0 Å². The molecule has 16 heavy (non-hydrogen) atoms. The summed E-state index contributed by atoms with van der Waals surface area (Å²) >= 11 is 0. The molecule has 1 atom stereocenters. The highest BCUT2D eigenvalue weighted by Crippen LogP contribution is 2.18. The average molecular weight is 212 g/mol. The summed E-state index contributed by atoms with van der Waals surface area (Å²) in [4.78, 5) is 12.0. The molecule has 0 radical (unpaired) electrons. The first-order chi connectivity index (χ1) is 7.74. The number of ketones is 1. The number of Topliss-reactive ketones (excluding diaryl/α,β-unsaturated/α-hetero) is 1. The van der Waals surface area contributed by atoms with Crippen molar-refractivity contribution in [3.63, 3.8) is 0 Å². The van der Waals surface area contributed by atoms with Crippen molar-refractivity contribution < 1.29 is 4.79 Å². The second-order valence-corrected chi connectivity index (χ2v) is 3.49. The number of hydrogen-bond acceptors (Lipinski definition) is 3. The summed E-state index contributed by atoms with van der Waals surface area (Å²) in [6.07, 6.45) is 0.821. The molecule has 1 aromatic rings. The average Bonchev–Trinajstić information content (AvgIpc) is 2.35. The Labute approximate surface area is 94.9 Å². The summed E-state index contributed by atoms with van der Waals surface area (Å²) in [6, 6.07) is 10.7. The molecule has 1 unspecified atom stereocenters. The van der Waals surface area contributed by atoms with E-state index in [-0.39, 0.29) is 18.1 Å². The molecule has 0 aliphatic carbocycles. The quantitative estimate of drug-likeness (QED) is 0.720. The molecular weight excluding hydrogens is 200 g/mol. The molecule has 0 aromatic heterocycles. The largest absolute Gasteiger partial charge is 0.294 e. The monoisotopic (exact) mass is 212 g/mol. The summed E-state index contributed by atoms with van der Waals surface area (Å²) in [5.41, 5.74) is 0.802. The van der Waals surface area contributed by atoms with Crippen molar-refractivity contribution in [2.75, 3.05) is 0 Å². The number of benzene rings is 1. The Kier molecular flexibility index (Phi) is 4.24. The van der Waals surface area contributed by atoms with Crippen molar-refractivity contribution in [2.24, 2.45) is 5.92 Å². The van der Waals surface area contributed by atoms with E-state index in [1.54, 1.807) is 24.3 Å². The Morgan fingerprint density at radius 3 is 2.62 bits per heavy atom. The van der Waals surface area contributed by atoms with Crippen LogP contribution in [0.15, 0.2) is 24.3 Å². The van der Waals surface area contributed by atoms with E-state index in [4.69, 9.17) is 10.5 Å². The molecule has 80 valence electrons. The third-order valence-electron chi connectivity index (χ3n) is 2.51. The molecule has 0 heterocycles. The van der Waals surface area contributed by atoms with Gasteiger partial charge in [0, 0.05) is 17.9 Å². The Balaban J connectivity index is 3.05. The van der Waals surface area contributed by atoms with Crippen molar-refractivity contribution in [3.8, 4) is 12.1 Å². The van der Waals surface area contributed by atoms with Gasteiger partial charge in [0.25, 0.3) is 0 Å². The van der Waals surface area contributed by atoms with Gasteiger partial charge in [-0.25, -0.2) is 0 Å². The van der Waals surface area contributed by atoms with Crippen LogP contribution in [0.2, 0.25) is 0 Å². The van der Waals surface area contributed by atoms with Gasteiger partial charge in [-0.3, -0.25) is 4.79 Å². The van der Waals surface area contributed by atoms with E-state index in [1.807, 2.05) is 19.1 Å². The van der Waals surface area contributed by atoms with Crippen molar-refractivity contribution in [1.29, 1.82) is 10.5 Å². The van der Waals surface area contributed by atoms with E-state index in [2.05, 4.69) is 0 Å². The lowest BCUT2D eigenvalue weighted by Gasteiger charge is -2.10. The van der Waals surface area contributed by atoms with Crippen LogP contribution in [0.3, 0.4) is 0 Å². The van der Waals surface area contributed by atoms with Gasteiger partial charge in [0.05, 0.1) is 17.7 Å². The van der Waals surface area contributed by atoms with Gasteiger partial charge in [-0.15, -0.1) is 0 Å². The van der Waals surface area contributed by atoms with Crippen LogP contribution >= 0.6 is 0 Å². The predicted octanol–water partition coefficient (Wildman–Crippen LogP) is 2.68. The Bertz CT molecular complexity index is 466. The lowest BCUT2D eigenvalue weighted by molar-refractivity contribution is 0.0918. The maximum atomic E-state index is 12.0. The highest BCUT2D eigenvalue weighted by molar-refractivity contribution is 6.00. The van der Waals surface area contributed by atoms with Crippen LogP contribution in [0, 0.1) is 28.6 Å². The van der Waals surface area contributed by atoms with E-state index < -0.39 is 0 Å². The van der Waals surface area contributed by atoms with Gasteiger partial charge < -0.3 is 0 Å². The number of carbonyl (C=O) groups excluding carboxylic acids is 1.